The smallest absolute Gasteiger partial charge is 0.363 e. The summed E-state index contributed by atoms with van der Waals surface area (Å²) in [5.41, 5.74) is -1.21. The van der Waals surface area contributed by atoms with Gasteiger partial charge in [0.2, 0.25) is 0 Å². The van der Waals surface area contributed by atoms with Crippen molar-refractivity contribution in [1.29, 1.82) is 0 Å². The van der Waals surface area contributed by atoms with Crippen LogP contribution in [0.25, 0.3) is 0 Å². The Morgan fingerprint density at radius 1 is 1.33 bits per heavy atom. The van der Waals surface area contributed by atoms with Gasteiger partial charge >= 0.3 is 5.97 Å². The lowest BCUT2D eigenvalue weighted by molar-refractivity contribution is -0.152. The van der Waals surface area contributed by atoms with Crippen LogP contribution >= 0.6 is 0 Å². The van der Waals surface area contributed by atoms with E-state index in [0.29, 0.717) is 5.69 Å². The van der Waals surface area contributed by atoms with E-state index in [9.17, 15) is 9.90 Å². The van der Waals surface area contributed by atoms with Crippen LogP contribution in [0.1, 0.15) is 6.42 Å². The van der Waals surface area contributed by atoms with Crippen molar-refractivity contribution in [2.24, 2.45) is 10.2 Å². The number of carbonyl (C=O) groups is 1. The number of azo groups is 1. The van der Waals surface area contributed by atoms with Gasteiger partial charge in [0.1, 0.15) is 0 Å². The number of cyclic esters (lactones) is 1. The molecule has 0 saturated carbocycles. The number of nitrogens with zero attached hydrogens (tertiary/aromatic N) is 2. The molecule has 1 unspecified atom stereocenters. The first kappa shape index (κ1) is 9.79. The van der Waals surface area contributed by atoms with Crippen LogP contribution in [0.5, 0.6) is 0 Å². The average Bonchev–Trinajstić information content (AvgIpc) is 2.59. The molecule has 0 aromatic heterocycles. The number of aliphatic hydroxyl groups is 1. The zero-order valence-corrected chi connectivity index (χ0v) is 7.96. The van der Waals surface area contributed by atoms with E-state index in [-0.39, 0.29) is 13.0 Å². The summed E-state index contributed by atoms with van der Waals surface area (Å²) in [6, 6.07) is 8.90. The van der Waals surface area contributed by atoms with Crippen LogP contribution in [-0.2, 0) is 9.53 Å². The van der Waals surface area contributed by atoms with Crippen LogP contribution < -0.4 is 0 Å². The number of hydrogen-bond donors (Lipinski definition) is 1. The Bertz CT molecular complexity index is 391. The van der Waals surface area contributed by atoms with Gasteiger partial charge in [-0.1, -0.05) is 18.2 Å². The topological polar surface area (TPSA) is 71.2 Å². The predicted octanol–water partition coefficient (Wildman–Crippen LogP) is 1.41. The molecule has 0 spiro atoms. The maximum absolute atomic E-state index is 11.1. The molecular formula is C10H10N2O3. The molecule has 1 atom stereocenters. The summed E-state index contributed by atoms with van der Waals surface area (Å²) in [4.78, 5) is 11.1. The molecule has 1 aliphatic rings. The number of benzene rings is 1. The van der Waals surface area contributed by atoms with Crippen molar-refractivity contribution in [2.45, 2.75) is 12.1 Å². The second-order valence-corrected chi connectivity index (χ2v) is 3.24. The summed E-state index contributed by atoms with van der Waals surface area (Å²) in [5, 5.41) is 17.1. The van der Waals surface area contributed by atoms with Crippen molar-refractivity contribution in [1.82, 2.24) is 0 Å². The van der Waals surface area contributed by atoms with Gasteiger partial charge in [-0.3, -0.25) is 0 Å². The highest BCUT2D eigenvalue weighted by Crippen LogP contribution is 2.23. The van der Waals surface area contributed by atoms with Crippen LogP contribution in [0, 0.1) is 0 Å². The molecule has 1 aliphatic heterocycles. The quantitative estimate of drug-likeness (QED) is 0.587. The van der Waals surface area contributed by atoms with Gasteiger partial charge in [-0.2, -0.15) is 5.11 Å². The summed E-state index contributed by atoms with van der Waals surface area (Å²) in [7, 11) is 0. The van der Waals surface area contributed by atoms with Gasteiger partial charge in [0.05, 0.1) is 12.3 Å². The van der Waals surface area contributed by atoms with Gasteiger partial charge < -0.3 is 9.84 Å². The fourth-order valence-corrected chi connectivity index (χ4v) is 1.23. The van der Waals surface area contributed by atoms with Crippen molar-refractivity contribution < 1.29 is 14.6 Å². The van der Waals surface area contributed by atoms with Gasteiger partial charge in [0, 0.05) is 6.42 Å². The standard InChI is InChI=1S/C10H10N2O3/c13-9-10(14,6-7-15-9)12-11-8-4-2-1-3-5-8/h1-5,14H,6-7H2. The normalized spacial score (nSPS) is 25.8. The van der Waals surface area contributed by atoms with E-state index in [0.717, 1.165) is 0 Å². The van der Waals surface area contributed by atoms with E-state index >= 15 is 0 Å². The molecule has 1 saturated heterocycles. The van der Waals surface area contributed by atoms with E-state index in [4.69, 9.17) is 0 Å². The van der Waals surface area contributed by atoms with Gasteiger partial charge in [0.15, 0.2) is 0 Å². The van der Waals surface area contributed by atoms with Crippen LogP contribution in [0.15, 0.2) is 40.6 Å². The number of hydrogen-bond acceptors (Lipinski definition) is 5. The summed E-state index contributed by atoms with van der Waals surface area (Å²) in [6.07, 6.45) is 0.155. The Kier molecular flexibility index (Phi) is 2.47. The molecule has 1 heterocycles. The van der Waals surface area contributed by atoms with Gasteiger partial charge in [-0.25, -0.2) is 4.79 Å². The van der Waals surface area contributed by atoms with Crippen molar-refractivity contribution in [2.75, 3.05) is 6.61 Å². The van der Waals surface area contributed by atoms with Crippen LogP contribution in [-0.4, -0.2) is 23.4 Å². The van der Waals surface area contributed by atoms with E-state index < -0.39 is 11.7 Å². The van der Waals surface area contributed by atoms with Crippen LogP contribution in [0.3, 0.4) is 0 Å². The Morgan fingerprint density at radius 3 is 2.67 bits per heavy atom. The second-order valence-electron chi connectivity index (χ2n) is 3.24. The number of ether oxygens (including phenoxy) is 1. The molecule has 1 aromatic carbocycles. The van der Waals surface area contributed by atoms with Crippen molar-refractivity contribution in [3.05, 3.63) is 30.3 Å². The molecule has 78 valence electrons. The summed E-state index contributed by atoms with van der Waals surface area (Å²) in [5.74, 6) is -0.734. The fourth-order valence-electron chi connectivity index (χ4n) is 1.23. The number of rotatable bonds is 2. The molecule has 0 amide bonds. The first-order valence-corrected chi connectivity index (χ1v) is 4.58. The van der Waals surface area contributed by atoms with Gasteiger partial charge in [0.25, 0.3) is 5.72 Å². The maximum atomic E-state index is 11.1. The van der Waals surface area contributed by atoms with Gasteiger partial charge in [-0.15, -0.1) is 5.11 Å². The summed E-state index contributed by atoms with van der Waals surface area (Å²) < 4.78 is 4.61. The van der Waals surface area contributed by atoms with Crippen LogP contribution in [0.4, 0.5) is 5.69 Å². The fraction of sp³-hybridized carbons (Fsp3) is 0.300. The third-order valence-corrected chi connectivity index (χ3v) is 2.10. The second kappa shape index (κ2) is 3.78. The molecule has 2 rings (SSSR count). The maximum Gasteiger partial charge on any atom is 0.363 e. The lowest BCUT2D eigenvalue weighted by atomic mass is 10.2. The summed E-state index contributed by atoms with van der Waals surface area (Å²) in [6.45, 7) is 0.184. The monoisotopic (exact) mass is 206 g/mol. The van der Waals surface area contributed by atoms with E-state index in [1.807, 2.05) is 6.07 Å². The molecule has 1 N–H and O–H groups in total. The first-order valence-electron chi connectivity index (χ1n) is 4.58. The zero-order valence-electron chi connectivity index (χ0n) is 7.96. The minimum absolute atomic E-state index is 0.155. The molecular weight excluding hydrogens is 196 g/mol. The average molecular weight is 206 g/mol. The Morgan fingerprint density at radius 2 is 2.07 bits per heavy atom. The number of esters is 1. The molecule has 5 heteroatoms. The lowest BCUT2D eigenvalue weighted by Gasteiger charge is -2.08. The molecule has 5 nitrogen and oxygen atoms in total. The Labute approximate surface area is 86.4 Å². The molecule has 1 aromatic rings. The molecule has 15 heavy (non-hydrogen) atoms. The SMILES string of the molecule is O=C1OCCC1(O)N=Nc1ccccc1. The Hall–Kier alpha value is -1.75. The highest BCUT2D eigenvalue weighted by Gasteiger charge is 2.43. The lowest BCUT2D eigenvalue weighted by Crippen LogP contribution is -2.30. The minimum Gasteiger partial charge on any atom is -0.462 e. The van der Waals surface area contributed by atoms with Gasteiger partial charge in [-0.05, 0) is 12.1 Å². The third kappa shape index (κ3) is 2.02. The molecule has 1 fully saturated rings. The minimum atomic E-state index is -1.80. The molecule has 0 aliphatic carbocycles. The van der Waals surface area contributed by atoms with E-state index in [2.05, 4.69) is 15.0 Å². The van der Waals surface area contributed by atoms with E-state index in [1.54, 1.807) is 24.3 Å². The molecule has 0 bridgehead atoms. The Balaban J connectivity index is 2.15. The highest BCUT2D eigenvalue weighted by atomic mass is 16.6. The highest BCUT2D eigenvalue weighted by molar-refractivity contribution is 5.80. The third-order valence-electron chi connectivity index (χ3n) is 2.10. The van der Waals surface area contributed by atoms with E-state index in [1.165, 1.54) is 0 Å². The number of carbonyl (C=O) groups excluding carboxylic acids is 1. The van der Waals surface area contributed by atoms with Crippen molar-refractivity contribution >= 4 is 11.7 Å². The first-order chi connectivity index (χ1) is 7.21. The molecule has 0 radical (unpaired) electrons. The van der Waals surface area contributed by atoms with Crippen LogP contribution in [0.2, 0.25) is 0 Å². The zero-order chi connectivity index (χ0) is 10.7. The van der Waals surface area contributed by atoms with Crippen molar-refractivity contribution in [3.63, 3.8) is 0 Å². The largest absolute Gasteiger partial charge is 0.462 e. The van der Waals surface area contributed by atoms with Crippen molar-refractivity contribution in [3.8, 4) is 0 Å². The summed E-state index contributed by atoms with van der Waals surface area (Å²) >= 11 is 0. The predicted molar refractivity (Wildman–Crippen MR) is 51.5 cm³/mol.